The average Bonchev–Trinajstić information content (AvgIpc) is 2.75. The van der Waals surface area contributed by atoms with E-state index in [2.05, 4.69) is 10.8 Å². The molecule has 1 amide bonds. The number of hydrogen-bond donors (Lipinski definition) is 2. The molecule has 2 N–H and O–H groups in total. The lowest BCUT2D eigenvalue weighted by Gasteiger charge is -2.15. The van der Waals surface area contributed by atoms with E-state index in [4.69, 9.17) is 4.84 Å². The van der Waals surface area contributed by atoms with Crippen molar-refractivity contribution in [2.24, 2.45) is 0 Å². The molecule has 0 aliphatic heterocycles. The first-order valence-corrected chi connectivity index (χ1v) is 10.1. The molecule has 148 valence electrons. The van der Waals surface area contributed by atoms with E-state index in [1.54, 1.807) is 48.5 Å². The summed E-state index contributed by atoms with van der Waals surface area (Å²) in [6, 6.07) is 20.2. The van der Waals surface area contributed by atoms with Gasteiger partial charge in [-0.2, -0.15) is 5.48 Å². The van der Waals surface area contributed by atoms with E-state index in [9.17, 15) is 18.0 Å². The van der Waals surface area contributed by atoms with Crippen LogP contribution < -0.4 is 10.8 Å². The number of anilines is 1. The summed E-state index contributed by atoms with van der Waals surface area (Å²) in [4.78, 5) is 29.4. The third-order valence-electron chi connectivity index (χ3n) is 4.04. The fourth-order valence-electron chi connectivity index (χ4n) is 2.73. The van der Waals surface area contributed by atoms with Crippen LogP contribution in [-0.2, 0) is 14.7 Å². The molecular weight excluding hydrogens is 392 g/mol. The Morgan fingerprint density at radius 2 is 1.45 bits per heavy atom. The van der Waals surface area contributed by atoms with Crippen molar-refractivity contribution in [1.29, 1.82) is 0 Å². The van der Waals surface area contributed by atoms with Crippen LogP contribution in [0.15, 0.2) is 88.7 Å². The molecule has 0 atom stereocenters. The molecular formula is C21H18N2O5S. The lowest BCUT2D eigenvalue weighted by atomic mass is 10.1. The highest BCUT2D eigenvalue weighted by Crippen LogP contribution is 2.32. The van der Waals surface area contributed by atoms with Crippen LogP contribution in [0.5, 0.6) is 0 Å². The standard InChI is InChI=1S/C21H18N2O5S/c1-22-28-21(25)17-13-8-14-18(23-20(24)15-9-4-2-5-10-15)19(17)29(26,27)16-11-6-3-7-12-16/h2-14,22H,1H3,(H,23,24). The van der Waals surface area contributed by atoms with Crippen molar-refractivity contribution < 1.29 is 22.8 Å². The smallest absolute Gasteiger partial charge is 0.358 e. The number of benzene rings is 3. The maximum absolute atomic E-state index is 13.3. The van der Waals surface area contributed by atoms with E-state index in [1.807, 2.05) is 0 Å². The second-order valence-corrected chi connectivity index (χ2v) is 7.80. The molecule has 0 saturated carbocycles. The summed E-state index contributed by atoms with van der Waals surface area (Å²) in [6.07, 6.45) is 0. The van der Waals surface area contributed by atoms with E-state index in [0.29, 0.717) is 5.56 Å². The molecule has 8 heteroatoms. The molecule has 0 spiro atoms. The first kappa shape index (κ1) is 20.2. The third kappa shape index (κ3) is 4.34. The maximum atomic E-state index is 13.3. The van der Waals surface area contributed by atoms with Crippen molar-refractivity contribution in [2.75, 3.05) is 12.4 Å². The van der Waals surface area contributed by atoms with Gasteiger partial charge in [0.15, 0.2) is 0 Å². The second kappa shape index (κ2) is 8.68. The largest absolute Gasteiger partial charge is 0.367 e. The Morgan fingerprint density at radius 1 is 0.828 bits per heavy atom. The molecule has 0 fully saturated rings. The monoisotopic (exact) mass is 410 g/mol. The molecule has 3 aromatic rings. The molecule has 3 aromatic carbocycles. The Bertz CT molecular complexity index is 1130. The number of rotatable bonds is 6. The summed E-state index contributed by atoms with van der Waals surface area (Å²) >= 11 is 0. The van der Waals surface area contributed by atoms with Crippen LogP contribution in [0.25, 0.3) is 0 Å². The molecule has 0 aliphatic rings. The van der Waals surface area contributed by atoms with Crippen LogP contribution in [0.4, 0.5) is 5.69 Å². The third-order valence-corrected chi connectivity index (χ3v) is 5.91. The second-order valence-electron chi connectivity index (χ2n) is 5.91. The Balaban J connectivity index is 2.15. The highest BCUT2D eigenvalue weighted by Gasteiger charge is 2.29. The first-order valence-electron chi connectivity index (χ1n) is 8.62. The Kier molecular flexibility index (Phi) is 6.06. The molecule has 29 heavy (non-hydrogen) atoms. The number of carbonyl (C=O) groups is 2. The highest BCUT2D eigenvalue weighted by atomic mass is 32.2. The average molecular weight is 410 g/mol. The van der Waals surface area contributed by atoms with Gasteiger partial charge in [0.2, 0.25) is 9.84 Å². The van der Waals surface area contributed by atoms with Crippen LogP contribution in [0.1, 0.15) is 20.7 Å². The van der Waals surface area contributed by atoms with Gasteiger partial charge in [-0.15, -0.1) is 0 Å². The zero-order chi connectivity index (χ0) is 20.9. The fraction of sp³-hybridized carbons (Fsp3) is 0.0476. The van der Waals surface area contributed by atoms with Crippen LogP contribution in [0, 0.1) is 0 Å². The topological polar surface area (TPSA) is 102 Å². The minimum Gasteiger partial charge on any atom is -0.367 e. The quantitative estimate of drug-likeness (QED) is 0.606. The SMILES string of the molecule is CNOC(=O)c1cccc(NC(=O)c2ccccc2)c1S(=O)(=O)c1ccccc1. The minimum absolute atomic E-state index is 0.0140. The molecule has 7 nitrogen and oxygen atoms in total. The summed E-state index contributed by atoms with van der Waals surface area (Å²) in [5.41, 5.74) is 2.36. The van der Waals surface area contributed by atoms with Gasteiger partial charge >= 0.3 is 5.97 Å². The van der Waals surface area contributed by atoms with Gasteiger partial charge < -0.3 is 10.2 Å². The number of sulfone groups is 1. The predicted molar refractivity (Wildman–Crippen MR) is 107 cm³/mol. The molecule has 0 saturated heterocycles. The Labute approximate surface area is 168 Å². The first-order chi connectivity index (χ1) is 13.9. The van der Waals surface area contributed by atoms with Crippen LogP contribution >= 0.6 is 0 Å². The maximum Gasteiger partial charge on any atom is 0.358 e. The van der Waals surface area contributed by atoms with Gasteiger partial charge in [0.1, 0.15) is 4.90 Å². The molecule has 0 unspecified atom stereocenters. The zero-order valence-electron chi connectivity index (χ0n) is 15.5. The minimum atomic E-state index is -4.13. The van der Waals surface area contributed by atoms with Gasteiger partial charge in [0.25, 0.3) is 5.91 Å². The molecule has 3 rings (SSSR count). The summed E-state index contributed by atoms with van der Waals surface area (Å²) in [7, 11) is -2.76. The summed E-state index contributed by atoms with van der Waals surface area (Å²) in [5, 5.41) is 2.59. The van der Waals surface area contributed by atoms with E-state index in [0.717, 1.165) is 0 Å². The van der Waals surface area contributed by atoms with Crippen molar-refractivity contribution in [2.45, 2.75) is 9.79 Å². The molecule has 0 radical (unpaired) electrons. The summed E-state index contributed by atoms with van der Waals surface area (Å²) in [6.45, 7) is 0. The normalized spacial score (nSPS) is 10.9. The molecule has 0 bridgehead atoms. The number of nitrogens with one attached hydrogen (secondary N) is 2. The van der Waals surface area contributed by atoms with Gasteiger partial charge in [-0.05, 0) is 36.4 Å². The van der Waals surface area contributed by atoms with E-state index in [1.165, 1.54) is 37.4 Å². The van der Waals surface area contributed by atoms with Gasteiger partial charge in [-0.3, -0.25) is 4.79 Å². The number of hydroxylamine groups is 1. The predicted octanol–water partition coefficient (Wildman–Crippen LogP) is 3.06. The molecule has 0 heterocycles. The lowest BCUT2D eigenvalue weighted by Crippen LogP contribution is -2.21. The summed E-state index contributed by atoms with van der Waals surface area (Å²) < 4.78 is 26.6. The number of hydrogen-bond acceptors (Lipinski definition) is 6. The lowest BCUT2D eigenvalue weighted by molar-refractivity contribution is 0.0305. The van der Waals surface area contributed by atoms with Gasteiger partial charge in [0, 0.05) is 12.6 Å². The van der Waals surface area contributed by atoms with Gasteiger partial charge in [-0.25, -0.2) is 13.2 Å². The van der Waals surface area contributed by atoms with Crippen molar-refractivity contribution in [1.82, 2.24) is 5.48 Å². The van der Waals surface area contributed by atoms with E-state index < -0.39 is 21.7 Å². The highest BCUT2D eigenvalue weighted by molar-refractivity contribution is 7.91. The fourth-order valence-corrected chi connectivity index (χ4v) is 4.34. The van der Waals surface area contributed by atoms with Crippen molar-refractivity contribution in [3.05, 3.63) is 90.0 Å². The van der Waals surface area contributed by atoms with Gasteiger partial charge in [0.05, 0.1) is 16.1 Å². The molecule has 0 aromatic heterocycles. The van der Waals surface area contributed by atoms with Crippen LogP contribution in [0.3, 0.4) is 0 Å². The van der Waals surface area contributed by atoms with Crippen molar-refractivity contribution in [3.8, 4) is 0 Å². The van der Waals surface area contributed by atoms with Crippen molar-refractivity contribution >= 4 is 27.4 Å². The van der Waals surface area contributed by atoms with Crippen LogP contribution in [0.2, 0.25) is 0 Å². The number of amides is 1. The number of carbonyl (C=O) groups excluding carboxylic acids is 2. The summed E-state index contributed by atoms with van der Waals surface area (Å²) in [5.74, 6) is -1.40. The Hall–Kier alpha value is -3.49. The molecule has 0 aliphatic carbocycles. The van der Waals surface area contributed by atoms with Crippen LogP contribution in [-0.4, -0.2) is 27.3 Å². The van der Waals surface area contributed by atoms with E-state index in [-0.39, 0.29) is 21.0 Å². The Morgan fingerprint density at radius 3 is 2.07 bits per heavy atom. The van der Waals surface area contributed by atoms with Gasteiger partial charge in [-0.1, -0.05) is 42.5 Å². The zero-order valence-corrected chi connectivity index (χ0v) is 16.3. The van der Waals surface area contributed by atoms with E-state index >= 15 is 0 Å². The van der Waals surface area contributed by atoms with Crippen molar-refractivity contribution in [3.63, 3.8) is 0 Å².